The van der Waals surface area contributed by atoms with Gasteiger partial charge in [-0.05, 0) is 35.7 Å². The zero-order chi connectivity index (χ0) is 15.2. The van der Waals surface area contributed by atoms with Crippen molar-refractivity contribution in [1.29, 1.82) is 0 Å². The Labute approximate surface area is 130 Å². The first-order chi connectivity index (χ1) is 10.8. The van der Waals surface area contributed by atoms with Crippen LogP contribution in [-0.2, 0) is 14.3 Å². The van der Waals surface area contributed by atoms with Crippen LogP contribution in [-0.4, -0.2) is 31.8 Å². The maximum atomic E-state index is 11.9. The maximum absolute atomic E-state index is 11.9. The molecule has 0 spiro atoms. The molecule has 0 saturated carbocycles. The summed E-state index contributed by atoms with van der Waals surface area (Å²) in [5, 5.41) is 5.20. The Morgan fingerprint density at radius 2 is 2.09 bits per heavy atom. The smallest absolute Gasteiger partial charge is 0.226 e. The monoisotopic (exact) mass is 299 g/mol. The molecule has 0 radical (unpaired) electrons. The number of carbonyl (C=O) groups excluding carboxylic acids is 1. The van der Waals surface area contributed by atoms with Gasteiger partial charge in [0.1, 0.15) is 0 Å². The molecule has 1 aliphatic heterocycles. The Bertz CT molecular complexity index is 635. The van der Waals surface area contributed by atoms with Gasteiger partial charge in [-0.1, -0.05) is 30.3 Å². The van der Waals surface area contributed by atoms with Gasteiger partial charge in [0, 0.05) is 12.3 Å². The predicted molar refractivity (Wildman–Crippen MR) is 87.0 cm³/mol. The molecule has 1 saturated heterocycles. The lowest BCUT2D eigenvalue weighted by Gasteiger charge is -2.10. The van der Waals surface area contributed by atoms with Gasteiger partial charge < -0.3 is 14.8 Å². The molecule has 22 heavy (non-hydrogen) atoms. The highest BCUT2D eigenvalue weighted by molar-refractivity contribution is 5.94. The third-order valence-electron chi connectivity index (χ3n) is 3.83. The van der Waals surface area contributed by atoms with Gasteiger partial charge in [-0.3, -0.25) is 4.79 Å². The van der Waals surface area contributed by atoms with Crippen molar-refractivity contribution in [3.8, 4) is 0 Å². The first-order valence-electron chi connectivity index (χ1n) is 7.79. The van der Waals surface area contributed by atoms with Gasteiger partial charge in [-0.15, -0.1) is 0 Å². The van der Waals surface area contributed by atoms with E-state index >= 15 is 0 Å². The molecule has 0 aromatic heterocycles. The second-order valence-corrected chi connectivity index (χ2v) is 5.57. The summed E-state index contributed by atoms with van der Waals surface area (Å²) >= 11 is 0. The van der Waals surface area contributed by atoms with Crippen molar-refractivity contribution >= 4 is 22.4 Å². The fourth-order valence-corrected chi connectivity index (χ4v) is 2.65. The van der Waals surface area contributed by atoms with Gasteiger partial charge in [0.15, 0.2) is 0 Å². The number of hydrogen-bond acceptors (Lipinski definition) is 3. The molecular formula is C18H21NO3. The lowest BCUT2D eigenvalue weighted by atomic mass is 10.1. The standard InChI is InChI=1S/C18H21NO3/c20-18(9-11-21-13-17-6-3-10-22-17)19-16-8-7-14-4-1-2-5-15(14)12-16/h1-2,4-5,7-8,12,17H,3,6,9-11,13H2,(H,19,20). The highest BCUT2D eigenvalue weighted by Gasteiger charge is 2.15. The van der Waals surface area contributed by atoms with Gasteiger partial charge in [0.25, 0.3) is 0 Å². The van der Waals surface area contributed by atoms with Crippen molar-refractivity contribution in [2.75, 3.05) is 25.1 Å². The molecule has 0 bridgehead atoms. The molecule has 1 unspecified atom stereocenters. The van der Waals surface area contributed by atoms with E-state index in [1.54, 1.807) is 0 Å². The highest BCUT2D eigenvalue weighted by atomic mass is 16.5. The van der Waals surface area contributed by atoms with Crippen LogP contribution in [0, 0.1) is 0 Å². The van der Waals surface area contributed by atoms with E-state index in [2.05, 4.69) is 11.4 Å². The highest BCUT2D eigenvalue weighted by Crippen LogP contribution is 2.19. The van der Waals surface area contributed by atoms with Crippen molar-refractivity contribution in [1.82, 2.24) is 0 Å². The van der Waals surface area contributed by atoms with Crippen LogP contribution in [0.25, 0.3) is 10.8 Å². The molecule has 0 aliphatic carbocycles. The number of ether oxygens (including phenoxy) is 2. The van der Waals surface area contributed by atoms with Gasteiger partial charge in [-0.25, -0.2) is 0 Å². The van der Waals surface area contributed by atoms with Gasteiger partial charge in [-0.2, -0.15) is 0 Å². The van der Waals surface area contributed by atoms with Crippen LogP contribution in [0.1, 0.15) is 19.3 Å². The average molecular weight is 299 g/mol. The average Bonchev–Trinajstić information content (AvgIpc) is 3.05. The third kappa shape index (κ3) is 4.06. The summed E-state index contributed by atoms with van der Waals surface area (Å²) in [6, 6.07) is 14.0. The summed E-state index contributed by atoms with van der Waals surface area (Å²) in [6.45, 7) is 1.85. The Morgan fingerprint density at radius 1 is 1.23 bits per heavy atom. The zero-order valence-electron chi connectivity index (χ0n) is 12.6. The Morgan fingerprint density at radius 3 is 2.91 bits per heavy atom. The summed E-state index contributed by atoms with van der Waals surface area (Å²) in [5.74, 6) is -0.0254. The van der Waals surface area contributed by atoms with Crippen molar-refractivity contribution in [3.05, 3.63) is 42.5 Å². The van der Waals surface area contributed by atoms with Crippen molar-refractivity contribution < 1.29 is 14.3 Å². The first-order valence-corrected chi connectivity index (χ1v) is 7.79. The fourth-order valence-electron chi connectivity index (χ4n) is 2.65. The first kappa shape index (κ1) is 15.0. The molecule has 1 fully saturated rings. The number of fused-ring (bicyclic) bond motifs is 1. The molecule has 1 atom stereocenters. The fraction of sp³-hybridized carbons (Fsp3) is 0.389. The summed E-state index contributed by atoms with van der Waals surface area (Å²) < 4.78 is 11.0. The molecule has 1 aliphatic rings. The number of amides is 1. The Kier molecular flexibility index (Phi) is 5.03. The summed E-state index contributed by atoms with van der Waals surface area (Å²) in [7, 11) is 0. The van der Waals surface area contributed by atoms with E-state index in [-0.39, 0.29) is 12.0 Å². The molecular weight excluding hydrogens is 278 g/mol. The van der Waals surface area contributed by atoms with Crippen LogP contribution in [0.3, 0.4) is 0 Å². The van der Waals surface area contributed by atoms with Crippen LogP contribution in [0.15, 0.2) is 42.5 Å². The number of nitrogens with one attached hydrogen (secondary N) is 1. The number of carbonyl (C=O) groups is 1. The second kappa shape index (κ2) is 7.38. The summed E-state index contributed by atoms with van der Waals surface area (Å²) in [4.78, 5) is 11.9. The predicted octanol–water partition coefficient (Wildman–Crippen LogP) is 3.36. The molecule has 4 nitrogen and oxygen atoms in total. The van der Waals surface area contributed by atoms with E-state index in [1.807, 2.05) is 36.4 Å². The van der Waals surface area contributed by atoms with Crippen LogP contribution < -0.4 is 5.32 Å². The van der Waals surface area contributed by atoms with Crippen molar-refractivity contribution in [2.24, 2.45) is 0 Å². The summed E-state index contributed by atoms with van der Waals surface area (Å²) in [5.41, 5.74) is 0.822. The van der Waals surface area contributed by atoms with Crippen molar-refractivity contribution in [2.45, 2.75) is 25.4 Å². The Hall–Kier alpha value is -1.91. The van der Waals surface area contributed by atoms with E-state index in [1.165, 1.54) is 5.39 Å². The van der Waals surface area contributed by atoms with E-state index < -0.39 is 0 Å². The number of benzene rings is 2. The van der Waals surface area contributed by atoms with Crippen LogP contribution >= 0.6 is 0 Å². The van der Waals surface area contributed by atoms with Gasteiger partial charge >= 0.3 is 0 Å². The molecule has 116 valence electrons. The van der Waals surface area contributed by atoms with E-state index in [0.717, 1.165) is 30.5 Å². The lowest BCUT2D eigenvalue weighted by molar-refractivity contribution is -0.117. The number of rotatable bonds is 6. The SMILES string of the molecule is O=C(CCOCC1CCCO1)Nc1ccc2ccccc2c1. The zero-order valence-corrected chi connectivity index (χ0v) is 12.6. The molecule has 1 heterocycles. The quantitative estimate of drug-likeness (QED) is 0.832. The third-order valence-corrected chi connectivity index (χ3v) is 3.83. The molecule has 2 aromatic carbocycles. The minimum absolute atomic E-state index is 0.0254. The van der Waals surface area contributed by atoms with E-state index in [4.69, 9.17) is 9.47 Å². The van der Waals surface area contributed by atoms with E-state index in [0.29, 0.717) is 19.6 Å². The minimum atomic E-state index is -0.0254. The second-order valence-electron chi connectivity index (χ2n) is 5.57. The minimum Gasteiger partial charge on any atom is -0.378 e. The normalized spacial score (nSPS) is 17.7. The van der Waals surface area contributed by atoms with E-state index in [9.17, 15) is 4.79 Å². The lowest BCUT2D eigenvalue weighted by Crippen LogP contribution is -2.18. The molecule has 1 amide bonds. The molecule has 2 aromatic rings. The van der Waals surface area contributed by atoms with Crippen LogP contribution in [0.4, 0.5) is 5.69 Å². The maximum Gasteiger partial charge on any atom is 0.226 e. The number of hydrogen-bond donors (Lipinski definition) is 1. The topological polar surface area (TPSA) is 47.6 Å². The van der Waals surface area contributed by atoms with Gasteiger partial charge in [0.05, 0.1) is 25.7 Å². The molecule has 3 rings (SSSR count). The van der Waals surface area contributed by atoms with Crippen molar-refractivity contribution in [3.63, 3.8) is 0 Å². The Balaban J connectivity index is 1.44. The molecule has 1 N–H and O–H groups in total. The number of anilines is 1. The summed E-state index contributed by atoms with van der Waals surface area (Å²) in [6.07, 6.45) is 2.74. The molecule has 4 heteroatoms. The van der Waals surface area contributed by atoms with Crippen LogP contribution in [0.2, 0.25) is 0 Å². The largest absolute Gasteiger partial charge is 0.378 e. The van der Waals surface area contributed by atoms with Crippen LogP contribution in [0.5, 0.6) is 0 Å². The van der Waals surface area contributed by atoms with Gasteiger partial charge in [0.2, 0.25) is 5.91 Å².